The van der Waals surface area contributed by atoms with Crippen LogP contribution in [-0.4, -0.2) is 49.4 Å². The van der Waals surface area contributed by atoms with Gasteiger partial charge in [-0.3, -0.25) is 14.5 Å². The topological polar surface area (TPSA) is 52.7 Å². The van der Waals surface area contributed by atoms with E-state index in [4.69, 9.17) is 0 Å². The highest BCUT2D eigenvalue weighted by Gasteiger charge is 2.29. The summed E-state index contributed by atoms with van der Waals surface area (Å²) < 4.78 is 0. The van der Waals surface area contributed by atoms with Crippen molar-refractivity contribution >= 4 is 17.5 Å². The lowest BCUT2D eigenvalue weighted by molar-refractivity contribution is -0.143. The molecule has 2 saturated heterocycles. The van der Waals surface area contributed by atoms with Gasteiger partial charge < -0.3 is 10.2 Å². The molecule has 2 heterocycles. The predicted molar refractivity (Wildman–Crippen MR) is 81.2 cm³/mol. The average molecular weight is 287 g/mol. The first-order valence-electron chi connectivity index (χ1n) is 7.51. The molecule has 0 saturated carbocycles. The van der Waals surface area contributed by atoms with E-state index >= 15 is 0 Å². The monoisotopic (exact) mass is 287 g/mol. The Morgan fingerprint density at radius 3 is 2.57 bits per heavy atom. The highest BCUT2D eigenvalue weighted by molar-refractivity contribution is 6.02. The first-order chi connectivity index (χ1) is 10.1. The van der Waals surface area contributed by atoms with E-state index in [0.717, 1.165) is 18.7 Å². The average Bonchev–Trinajstić information content (AvgIpc) is 2.98. The van der Waals surface area contributed by atoms with Crippen molar-refractivity contribution in [1.29, 1.82) is 0 Å². The first-order valence-corrected chi connectivity index (χ1v) is 7.51. The summed E-state index contributed by atoms with van der Waals surface area (Å²) in [6, 6.07) is 8.60. The van der Waals surface area contributed by atoms with Crippen LogP contribution in [0.2, 0.25) is 0 Å². The van der Waals surface area contributed by atoms with Crippen LogP contribution < -0.4 is 10.2 Å². The molecular formula is C16H21N3O2. The van der Waals surface area contributed by atoms with Crippen molar-refractivity contribution in [2.45, 2.75) is 25.3 Å². The summed E-state index contributed by atoms with van der Waals surface area (Å²) in [6.45, 7) is 1.63. The van der Waals surface area contributed by atoms with Gasteiger partial charge in [-0.15, -0.1) is 0 Å². The van der Waals surface area contributed by atoms with Crippen LogP contribution in [0, 0.1) is 0 Å². The third kappa shape index (κ3) is 2.93. The van der Waals surface area contributed by atoms with Crippen molar-refractivity contribution in [3.8, 4) is 0 Å². The summed E-state index contributed by atoms with van der Waals surface area (Å²) in [4.78, 5) is 26.9. The van der Waals surface area contributed by atoms with Crippen molar-refractivity contribution in [3.63, 3.8) is 0 Å². The van der Waals surface area contributed by atoms with E-state index in [2.05, 4.69) is 11.4 Å². The summed E-state index contributed by atoms with van der Waals surface area (Å²) in [5.74, 6) is -0.278. The maximum absolute atomic E-state index is 11.9. The Bertz CT molecular complexity index is 534. The van der Waals surface area contributed by atoms with Crippen molar-refractivity contribution in [1.82, 2.24) is 10.2 Å². The number of carbonyl (C=O) groups is 2. The maximum Gasteiger partial charge on any atom is 0.248 e. The number of benzene rings is 1. The van der Waals surface area contributed by atoms with Gasteiger partial charge in [0.05, 0.1) is 13.1 Å². The molecule has 1 N–H and O–H groups in total. The van der Waals surface area contributed by atoms with Crippen LogP contribution in [0.4, 0.5) is 5.69 Å². The molecule has 1 atom stereocenters. The van der Waals surface area contributed by atoms with Gasteiger partial charge >= 0.3 is 0 Å². The Kier molecular flexibility index (Phi) is 3.92. The lowest BCUT2D eigenvalue weighted by Crippen LogP contribution is -2.52. The highest BCUT2D eigenvalue weighted by Crippen LogP contribution is 2.25. The van der Waals surface area contributed by atoms with E-state index in [0.29, 0.717) is 6.04 Å². The minimum atomic E-state index is -0.139. The van der Waals surface area contributed by atoms with Crippen molar-refractivity contribution in [3.05, 3.63) is 29.8 Å². The van der Waals surface area contributed by atoms with Crippen LogP contribution >= 0.6 is 0 Å². The highest BCUT2D eigenvalue weighted by atomic mass is 16.2. The van der Waals surface area contributed by atoms with E-state index in [1.807, 2.05) is 23.1 Å². The van der Waals surface area contributed by atoms with E-state index in [9.17, 15) is 9.59 Å². The van der Waals surface area contributed by atoms with E-state index < -0.39 is 0 Å². The smallest absolute Gasteiger partial charge is 0.248 e. The Labute approximate surface area is 124 Å². The molecule has 0 bridgehead atoms. The maximum atomic E-state index is 11.9. The van der Waals surface area contributed by atoms with Crippen LogP contribution in [-0.2, 0) is 16.0 Å². The zero-order valence-electron chi connectivity index (χ0n) is 12.3. The number of likely N-dealkylation sites (N-methyl/N-ethyl adjacent to an activating group) is 1. The summed E-state index contributed by atoms with van der Waals surface area (Å²) in [5.41, 5.74) is 2.23. The van der Waals surface area contributed by atoms with Gasteiger partial charge in [0.25, 0.3) is 0 Å². The van der Waals surface area contributed by atoms with Gasteiger partial charge in [0.1, 0.15) is 0 Å². The molecule has 112 valence electrons. The lowest BCUT2D eigenvalue weighted by Gasteiger charge is -2.33. The molecule has 0 aromatic heterocycles. The van der Waals surface area contributed by atoms with Gasteiger partial charge in [-0.1, -0.05) is 18.2 Å². The van der Waals surface area contributed by atoms with Crippen LogP contribution in [0.5, 0.6) is 0 Å². The van der Waals surface area contributed by atoms with Crippen LogP contribution in [0.25, 0.3) is 0 Å². The number of para-hydroxylation sites is 1. The van der Waals surface area contributed by atoms with Gasteiger partial charge in [-0.2, -0.15) is 0 Å². The summed E-state index contributed by atoms with van der Waals surface area (Å²) in [6.07, 6.45) is 3.36. The molecule has 21 heavy (non-hydrogen) atoms. The third-order valence-corrected chi connectivity index (χ3v) is 4.36. The molecule has 1 aromatic carbocycles. The van der Waals surface area contributed by atoms with Crippen molar-refractivity contribution in [2.24, 2.45) is 0 Å². The number of hydrogen-bond acceptors (Lipinski definition) is 4. The van der Waals surface area contributed by atoms with Crippen LogP contribution in [0.1, 0.15) is 18.4 Å². The first kappa shape index (κ1) is 14.1. The number of anilines is 1. The summed E-state index contributed by atoms with van der Waals surface area (Å²) >= 11 is 0. The zero-order chi connectivity index (χ0) is 14.8. The van der Waals surface area contributed by atoms with Crippen molar-refractivity contribution in [2.75, 3.05) is 31.6 Å². The van der Waals surface area contributed by atoms with Crippen LogP contribution in [0.15, 0.2) is 24.3 Å². The summed E-state index contributed by atoms with van der Waals surface area (Å²) in [5, 5.41) is 3.50. The molecule has 5 heteroatoms. The normalized spacial score (nSPS) is 23.0. The van der Waals surface area contributed by atoms with E-state index in [1.165, 1.54) is 23.3 Å². The second kappa shape index (κ2) is 5.85. The minimum Gasteiger partial charge on any atom is -0.353 e. The number of piperazine rings is 1. The second-order valence-corrected chi connectivity index (χ2v) is 5.83. The molecule has 2 aliphatic rings. The molecule has 0 radical (unpaired) electrons. The molecule has 2 aliphatic heterocycles. The zero-order valence-corrected chi connectivity index (χ0v) is 12.3. The molecule has 3 rings (SSSR count). The van der Waals surface area contributed by atoms with Gasteiger partial charge in [-0.05, 0) is 37.4 Å². The van der Waals surface area contributed by atoms with Gasteiger partial charge in [0.15, 0.2) is 0 Å². The molecule has 2 amide bonds. The number of rotatable bonds is 3. The predicted octanol–water partition coefficient (Wildman–Crippen LogP) is 0.786. The largest absolute Gasteiger partial charge is 0.353 e. The number of amides is 2. The fourth-order valence-electron chi connectivity index (χ4n) is 3.09. The quantitative estimate of drug-likeness (QED) is 0.835. The Balaban J connectivity index is 1.81. The standard InChI is InChI=1S/C16H21N3O2/c1-18-15(20)10-19(11-16(18)21)14-7-3-2-5-12(14)9-13-6-4-8-17-13/h2-3,5,7,13,17H,4,6,8-11H2,1H3. The molecule has 2 fully saturated rings. The van der Waals surface area contributed by atoms with Crippen LogP contribution in [0.3, 0.4) is 0 Å². The minimum absolute atomic E-state index is 0.139. The van der Waals surface area contributed by atoms with Crippen molar-refractivity contribution < 1.29 is 9.59 Å². The number of nitrogens with one attached hydrogen (secondary N) is 1. The van der Waals surface area contributed by atoms with E-state index in [1.54, 1.807) is 7.05 Å². The lowest BCUT2D eigenvalue weighted by atomic mass is 10.0. The number of nitrogens with zero attached hydrogens (tertiary/aromatic N) is 2. The second-order valence-electron chi connectivity index (χ2n) is 5.83. The number of hydrogen-bond donors (Lipinski definition) is 1. The molecular weight excluding hydrogens is 266 g/mol. The van der Waals surface area contributed by atoms with Gasteiger partial charge in [0.2, 0.25) is 11.8 Å². The molecule has 1 unspecified atom stereocenters. The van der Waals surface area contributed by atoms with Gasteiger partial charge in [0, 0.05) is 18.8 Å². The SMILES string of the molecule is CN1C(=O)CN(c2ccccc2CC2CCCN2)CC1=O. The van der Waals surface area contributed by atoms with E-state index in [-0.39, 0.29) is 24.9 Å². The molecule has 1 aromatic rings. The van der Waals surface area contributed by atoms with Gasteiger partial charge in [-0.25, -0.2) is 0 Å². The Morgan fingerprint density at radius 1 is 1.19 bits per heavy atom. The Morgan fingerprint density at radius 2 is 1.90 bits per heavy atom. The fourth-order valence-corrected chi connectivity index (χ4v) is 3.09. The molecule has 0 aliphatic carbocycles. The Hall–Kier alpha value is -1.88. The fraction of sp³-hybridized carbons (Fsp3) is 0.500. The molecule has 0 spiro atoms. The summed E-state index contributed by atoms with van der Waals surface area (Å²) in [7, 11) is 1.55. The number of carbonyl (C=O) groups excluding carboxylic acids is 2. The third-order valence-electron chi connectivity index (χ3n) is 4.36. The molecule has 5 nitrogen and oxygen atoms in total. The number of imide groups is 1.